The molecule has 0 atom stereocenters. The van der Waals surface area contributed by atoms with Crippen molar-refractivity contribution >= 4 is 18.4 Å². The van der Waals surface area contributed by atoms with Crippen LogP contribution in [0.2, 0.25) is 0 Å². The Morgan fingerprint density at radius 2 is 1.88 bits per heavy atom. The standard InChI is InChI=1S/C16H16N6OS/c1-10-14(9-17-22-15(23)11(2)18-19-16(22)24)12(3)21(20-10)13-7-5-4-6-8-13/h4-9H,1-3H3,(H,19,24)/b17-9+. The van der Waals surface area contributed by atoms with Gasteiger partial charge in [0.1, 0.15) is 5.69 Å². The van der Waals surface area contributed by atoms with Crippen molar-refractivity contribution in [2.24, 2.45) is 5.10 Å². The van der Waals surface area contributed by atoms with Gasteiger partial charge in [0.05, 0.1) is 23.3 Å². The molecule has 24 heavy (non-hydrogen) atoms. The number of benzene rings is 1. The van der Waals surface area contributed by atoms with E-state index in [1.807, 2.05) is 48.9 Å². The van der Waals surface area contributed by atoms with Crippen molar-refractivity contribution in [2.75, 3.05) is 0 Å². The maximum Gasteiger partial charge on any atom is 0.296 e. The van der Waals surface area contributed by atoms with Crippen LogP contribution in [0, 0.1) is 25.5 Å². The average Bonchev–Trinajstić information content (AvgIpc) is 2.87. The molecule has 1 aromatic carbocycles. The molecule has 8 heteroatoms. The zero-order valence-electron chi connectivity index (χ0n) is 13.5. The van der Waals surface area contributed by atoms with Crippen LogP contribution in [0.15, 0.2) is 40.2 Å². The summed E-state index contributed by atoms with van der Waals surface area (Å²) in [4.78, 5) is 12.1. The summed E-state index contributed by atoms with van der Waals surface area (Å²) in [7, 11) is 0. The third kappa shape index (κ3) is 2.83. The number of aromatic nitrogens is 5. The summed E-state index contributed by atoms with van der Waals surface area (Å²) < 4.78 is 3.11. The predicted molar refractivity (Wildman–Crippen MR) is 94.4 cm³/mol. The maximum atomic E-state index is 12.1. The Morgan fingerprint density at radius 1 is 1.17 bits per heavy atom. The molecule has 7 nitrogen and oxygen atoms in total. The van der Waals surface area contributed by atoms with E-state index in [9.17, 15) is 4.79 Å². The molecule has 2 aromatic heterocycles. The van der Waals surface area contributed by atoms with Gasteiger partial charge in [0.15, 0.2) is 0 Å². The van der Waals surface area contributed by atoms with Crippen molar-refractivity contribution in [2.45, 2.75) is 20.8 Å². The monoisotopic (exact) mass is 340 g/mol. The average molecular weight is 340 g/mol. The quantitative estimate of drug-likeness (QED) is 0.586. The Kier molecular flexibility index (Phi) is 4.22. The van der Waals surface area contributed by atoms with Gasteiger partial charge in [-0.05, 0) is 45.1 Å². The second-order valence-electron chi connectivity index (χ2n) is 5.31. The van der Waals surface area contributed by atoms with Gasteiger partial charge in [0.25, 0.3) is 5.56 Å². The summed E-state index contributed by atoms with van der Waals surface area (Å²) >= 11 is 5.07. The van der Waals surface area contributed by atoms with Crippen molar-refractivity contribution in [1.29, 1.82) is 0 Å². The number of nitrogens with one attached hydrogen (secondary N) is 1. The number of aryl methyl sites for hydroxylation is 2. The zero-order valence-corrected chi connectivity index (χ0v) is 14.3. The van der Waals surface area contributed by atoms with E-state index >= 15 is 0 Å². The molecular weight excluding hydrogens is 324 g/mol. The lowest BCUT2D eigenvalue weighted by atomic mass is 10.2. The van der Waals surface area contributed by atoms with Crippen LogP contribution in [0.3, 0.4) is 0 Å². The molecule has 0 saturated carbocycles. The predicted octanol–water partition coefficient (Wildman–Crippen LogP) is 2.29. The summed E-state index contributed by atoms with van der Waals surface area (Å²) in [6, 6.07) is 9.83. The molecule has 0 aliphatic heterocycles. The second-order valence-corrected chi connectivity index (χ2v) is 5.69. The first kappa shape index (κ1) is 16.0. The molecule has 0 fully saturated rings. The molecule has 0 radical (unpaired) electrons. The molecule has 0 unspecified atom stereocenters. The van der Waals surface area contributed by atoms with Crippen molar-refractivity contribution in [3.8, 4) is 5.69 Å². The zero-order chi connectivity index (χ0) is 17.3. The summed E-state index contributed by atoms with van der Waals surface area (Å²) in [6.07, 6.45) is 1.60. The summed E-state index contributed by atoms with van der Waals surface area (Å²) in [5.74, 6) is 0. The molecule has 0 bridgehead atoms. The van der Waals surface area contributed by atoms with Gasteiger partial charge in [0.2, 0.25) is 4.77 Å². The van der Waals surface area contributed by atoms with E-state index in [0.29, 0.717) is 5.69 Å². The molecule has 3 rings (SSSR count). The summed E-state index contributed by atoms with van der Waals surface area (Å²) in [5, 5.41) is 15.2. The Morgan fingerprint density at radius 3 is 2.58 bits per heavy atom. The fourth-order valence-electron chi connectivity index (χ4n) is 2.35. The SMILES string of the molecule is Cc1nn(-c2ccccc2)c(C)c1/C=N/n1c(=S)[nH]nc(C)c1=O. The van der Waals surface area contributed by atoms with Crippen LogP contribution in [-0.4, -0.2) is 30.9 Å². The van der Waals surface area contributed by atoms with Gasteiger partial charge in [-0.25, -0.2) is 4.68 Å². The lowest BCUT2D eigenvalue weighted by Gasteiger charge is -2.03. The molecular formula is C16H16N6OS. The highest BCUT2D eigenvalue weighted by Crippen LogP contribution is 2.16. The molecule has 0 aliphatic rings. The fraction of sp³-hybridized carbons (Fsp3) is 0.188. The largest absolute Gasteiger partial charge is 0.296 e. The number of para-hydroxylation sites is 1. The molecule has 0 aliphatic carbocycles. The van der Waals surface area contributed by atoms with Gasteiger partial charge in [0, 0.05) is 5.56 Å². The first-order valence-corrected chi connectivity index (χ1v) is 7.74. The Labute approximate surface area is 143 Å². The van der Waals surface area contributed by atoms with E-state index in [2.05, 4.69) is 20.4 Å². The van der Waals surface area contributed by atoms with Gasteiger partial charge in [-0.15, -0.1) is 0 Å². The summed E-state index contributed by atoms with van der Waals surface area (Å²) in [6.45, 7) is 5.45. The number of hydrogen-bond donors (Lipinski definition) is 1. The van der Waals surface area contributed by atoms with E-state index in [1.165, 1.54) is 0 Å². The van der Waals surface area contributed by atoms with Crippen molar-refractivity contribution < 1.29 is 0 Å². The second kappa shape index (κ2) is 6.32. The van der Waals surface area contributed by atoms with E-state index in [-0.39, 0.29) is 10.3 Å². The smallest absolute Gasteiger partial charge is 0.265 e. The molecule has 2 heterocycles. The van der Waals surface area contributed by atoms with Gasteiger partial charge in [-0.1, -0.05) is 18.2 Å². The normalized spacial score (nSPS) is 11.3. The van der Waals surface area contributed by atoms with Crippen LogP contribution in [0.4, 0.5) is 0 Å². The van der Waals surface area contributed by atoms with Crippen molar-refractivity contribution in [1.82, 2.24) is 24.7 Å². The fourth-order valence-corrected chi connectivity index (χ4v) is 2.53. The number of aromatic amines is 1. The third-order valence-electron chi connectivity index (χ3n) is 3.66. The van der Waals surface area contributed by atoms with Crippen LogP contribution in [0.1, 0.15) is 22.6 Å². The number of H-pyrrole nitrogens is 1. The topological polar surface area (TPSA) is 80.9 Å². The highest BCUT2D eigenvalue weighted by molar-refractivity contribution is 7.71. The van der Waals surface area contributed by atoms with Crippen molar-refractivity contribution in [3.05, 3.63) is 68.1 Å². The van der Waals surface area contributed by atoms with Crippen LogP contribution < -0.4 is 5.56 Å². The van der Waals surface area contributed by atoms with E-state index < -0.39 is 0 Å². The molecule has 122 valence electrons. The van der Waals surface area contributed by atoms with Gasteiger partial charge in [-0.2, -0.15) is 20.0 Å². The number of rotatable bonds is 3. The van der Waals surface area contributed by atoms with Crippen LogP contribution in [-0.2, 0) is 0 Å². The van der Waals surface area contributed by atoms with Crippen LogP contribution >= 0.6 is 12.2 Å². The highest BCUT2D eigenvalue weighted by atomic mass is 32.1. The molecule has 3 aromatic rings. The lowest BCUT2D eigenvalue weighted by Crippen LogP contribution is -2.22. The van der Waals surface area contributed by atoms with Gasteiger partial charge < -0.3 is 0 Å². The Hall–Kier alpha value is -2.87. The minimum atomic E-state index is -0.347. The van der Waals surface area contributed by atoms with Crippen LogP contribution in [0.25, 0.3) is 5.69 Å². The van der Waals surface area contributed by atoms with E-state index in [1.54, 1.807) is 13.1 Å². The van der Waals surface area contributed by atoms with E-state index in [4.69, 9.17) is 12.2 Å². The first-order valence-electron chi connectivity index (χ1n) is 7.33. The highest BCUT2D eigenvalue weighted by Gasteiger charge is 2.11. The first-order chi connectivity index (χ1) is 11.5. The number of hydrogen-bond acceptors (Lipinski definition) is 5. The van der Waals surface area contributed by atoms with Crippen molar-refractivity contribution in [3.63, 3.8) is 0 Å². The Balaban J connectivity index is 2.07. The minimum Gasteiger partial charge on any atom is -0.265 e. The maximum absolute atomic E-state index is 12.1. The Bertz CT molecular complexity index is 1030. The molecule has 0 saturated heterocycles. The third-order valence-corrected chi connectivity index (χ3v) is 3.93. The van der Waals surface area contributed by atoms with E-state index in [0.717, 1.165) is 27.3 Å². The van der Waals surface area contributed by atoms with Crippen LogP contribution in [0.5, 0.6) is 0 Å². The molecule has 0 amide bonds. The molecule has 1 N–H and O–H groups in total. The van der Waals surface area contributed by atoms with Gasteiger partial charge in [-0.3, -0.25) is 9.89 Å². The molecule has 0 spiro atoms. The lowest BCUT2D eigenvalue weighted by molar-refractivity contribution is 0.720. The summed E-state index contributed by atoms with van der Waals surface area (Å²) in [5.41, 5.74) is 3.50. The number of nitrogens with zero attached hydrogens (tertiary/aromatic N) is 5. The van der Waals surface area contributed by atoms with Gasteiger partial charge >= 0.3 is 0 Å². The minimum absolute atomic E-state index is 0.146.